The lowest BCUT2D eigenvalue weighted by atomic mass is 9.73. The average molecular weight is 527 g/mol. The Bertz CT molecular complexity index is 974. The van der Waals surface area contributed by atoms with E-state index < -0.39 is 5.60 Å². The van der Waals surface area contributed by atoms with Crippen molar-refractivity contribution in [1.82, 2.24) is 20.5 Å². The standard InChI is InChI=1S/C30H46N4O4/c1-23(2)19-25(20-31-3)33-29(35)34-17-10-11-24(22-34)30(36,15-7-8-18-37-4)27-13-5-6-14-28(27)38-26-12-9-16-32-21-26/h5-6,9,12-14,16,21,23-25,31,36H,7-8,10-11,15,17-20,22H2,1-4H3,(H,33,35). The molecule has 2 aromatic rings. The molecule has 1 aliphatic heterocycles. The Hall–Kier alpha value is -2.68. The van der Waals surface area contributed by atoms with Gasteiger partial charge < -0.3 is 30.1 Å². The first-order valence-electron chi connectivity index (χ1n) is 14.0. The van der Waals surface area contributed by atoms with Crippen LogP contribution in [-0.4, -0.2) is 67.5 Å². The van der Waals surface area contributed by atoms with Crippen LogP contribution in [0.2, 0.25) is 0 Å². The Morgan fingerprint density at radius 3 is 2.76 bits per heavy atom. The number of ether oxygens (including phenoxy) is 2. The number of likely N-dealkylation sites (tertiary alicyclic amines) is 1. The van der Waals surface area contributed by atoms with Crippen LogP contribution in [0.5, 0.6) is 11.5 Å². The number of amides is 2. The van der Waals surface area contributed by atoms with Gasteiger partial charge in [-0.25, -0.2) is 4.79 Å². The molecule has 3 unspecified atom stereocenters. The van der Waals surface area contributed by atoms with Crippen molar-refractivity contribution in [3.63, 3.8) is 0 Å². The van der Waals surface area contributed by atoms with Crippen molar-refractivity contribution >= 4 is 6.03 Å². The number of rotatable bonds is 14. The number of piperidine rings is 1. The summed E-state index contributed by atoms with van der Waals surface area (Å²) in [6.07, 6.45) is 8.15. The molecule has 1 aliphatic rings. The van der Waals surface area contributed by atoms with Crippen LogP contribution < -0.4 is 15.4 Å². The van der Waals surface area contributed by atoms with Gasteiger partial charge in [0, 0.05) is 57.1 Å². The maximum atomic E-state index is 13.3. The van der Waals surface area contributed by atoms with Crippen molar-refractivity contribution in [2.45, 2.75) is 64.0 Å². The summed E-state index contributed by atoms with van der Waals surface area (Å²) in [6.45, 7) is 6.88. The lowest BCUT2D eigenvalue weighted by Gasteiger charge is -2.43. The Kier molecular flexibility index (Phi) is 11.8. The molecular formula is C30H46N4O4. The highest BCUT2D eigenvalue weighted by atomic mass is 16.5. The van der Waals surface area contributed by atoms with Crippen LogP contribution in [0.3, 0.4) is 0 Å². The molecule has 0 spiro atoms. The second-order valence-corrected chi connectivity index (χ2v) is 10.8. The fourth-order valence-electron chi connectivity index (χ4n) is 5.47. The average Bonchev–Trinajstić information content (AvgIpc) is 2.92. The molecule has 1 fully saturated rings. The van der Waals surface area contributed by atoms with Crippen molar-refractivity contribution in [3.05, 3.63) is 54.4 Å². The highest BCUT2D eigenvalue weighted by molar-refractivity contribution is 5.74. The Balaban J connectivity index is 1.84. The molecule has 3 atom stereocenters. The van der Waals surface area contributed by atoms with E-state index in [0.29, 0.717) is 43.5 Å². The molecule has 0 bridgehead atoms. The van der Waals surface area contributed by atoms with Gasteiger partial charge in [0.25, 0.3) is 0 Å². The minimum absolute atomic E-state index is 0.0581. The van der Waals surface area contributed by atoms with E-state index in [4.69, 9.17) is 9.47 Å². The molecule has 1 aromatic heterocycles. The van der Waals surface area contributed by atoms with E-state index >= 15 is 0 Å². The van der Waals surface area contributed by atoms with E-state index in [9.17, 15) is 9.90 Å². The number of benzene rings is 1. The number of para-hydroxylation sites is 1. The Morgan fingerprint density at radius 2 is 2.05 bits per heavy atom. The summed E-state index contributed by atoms with van der Waals surface area (Å²) in [5.74, 6) is 1.58. The van der Waals surface area contributed by atoms with E-state index in [1.807, 2.05) is 48.3 Å². The fourth-order valence-corrected chi connectivity index (χ4v) is 5.47. The lowest BCUT2D eigenvalue weighted by Crippen LogP contribution is -2.54. The first-order chi connectivity index (χ1) is 18.4. The number of aliphatic hydroxyl groups is 1. The Labute approximate surface area is 228 Å². The van der Waals surface area contributed by atoms with E-state index in [0.717, 1.165) is 44.2 Å². The zero-order chi connectivity index (χ0) is 27.4. The van der Waals surface area contributed by atoms with Crippen molar-refractivity contribution in [1.29, 1.82) is 0 Å². The van der Waals surface area contributed by atoms with Gasteiger partial charge in [-0.3, -0.25) is 4.98 Å². The molecule has 8 heteroatoms. The van der Waals surface area contributed by atoms with E-state index in [1.54, 1.807) is 19.5 Å². The predicted molar refractivity (Wildman–Crippen MR) is 150 cm³/mol. The molecule has 0 radical (unpaired) electrons. The number of hydrogen-bond acceptors (Lipinski definition) is 6. The molecule has 0 aliphatic carbocycles. The maximum absolute atomic E-state index is 13.3. The van der Waals surface area contributed by atoms with E-state index in [-0.39, 0.29) is 18.0 Å². The third kappa shape index (κ3) is 8.41. The van der Waals surface area contributed by atoms with Crippen LogP contribution in [0.1, 0.15) is 57.9 Å². The van der Waals surface area contributed by atoms with Gasteiger partial charge in [0.05, 0.1) is 11.8 Å². The third-order valence-corrected chi connectivity index (χ3v) is 7.29. The van der Waals surface area contributed by atoms with Gasteiger partial charge in [0.2, 0.25) is 0 Å². The van der Waals surface area contributed by atoms with Gasteiger partial charge in [-0.15, -0.1) is 0 Å². The van der Waals surface area contributed by atoms with Gasteiger partial charge in [0.1, 0.15) is 11.5 Å². The molecule has 2 amide bonds. The molecular weight excluding hydrogens is 480 g/mol. The first kappa shape index (κ1) is 29.9. The molecule has 1 aromatic carbocycles. The number of urea groups is 1. The fraction of sp³-hybridized carbons (Fsp3) is 0.600. The van der Waals surface area contributed by atoms with E-state index in [2.05, 4.69) is 29.5 Å². The quantitative estimate of drug-likeness (QED) is 0.302. The summed E-state index contributed by atoms with van der Waals surface area (Å²) in [7, 11) is 3.60. The van der Waals surface area contributed by atoms with Crippen LogP contribution in [-0.2, 0) is 10.3 Å². The summed E-state index contributed by atoms with van der Waals surface area (Å²) in [6, 6.07) is 11.4. The SMILES string of the molecule is CNCC(CC(C)C)NC(=O)N1CCCC(C(O)(CCCCOC)c2ccccc2Oc2cccnc2)C1. The second kappa shape index (κ2) is 15.0. The molecule has 38 heavy (non-hydrogen) atoms. The Morgan fingerprint density at radius 1 is 1.24 bits per heavy atom. The van der Waals surface area contributed by atoms with Gasteiger partial charge in [-0.1, -0.05) is 32.0 Å². The number of unbranched alkanes of at least 4 members (excludes halogenated alkanes) is 1. The van der Waals surface area contributed by atoms with Crippen molar-refractivity contribution in [2.24, 2.45) is 11.8 Å². The lowest BCUT2D eigenvalue weighted by molar-refractivity contribution is -0.0575. The van der Waals surface area contributed by atoms with Crippen molar-refractivity contribution in [3.8, 4) is 11.5 Å². The van der Waals surface area contributed by atoms with Gasteiger partial charge in [0.15, 0.2) is 0 Å². The number of nitrogens with zero attached hydrogens (tertiary/aromatic N) is 2. The monoisotopic (exact) mass is 526 g/mol. The van der Waals surface area contributed by atoms with E-state index in [1.165, 1.54) is 0 Å². The predicted octanol–water partition coefficient (Wildman–Crippen LogP) is 4.93. The topological polar surface area (TPSA) is 96.0 Å². The summed E-state index contributed by atoms with van der Waals surface area (Å²) in [5, 5.41) is 18.9. The number of likely N-dealkylation sites (N-methyl/N-ethyl adjacent to an activating group) is 1. The van der Waals surface area contributed by atoms with Gasteiger partial charge in [-0.05, 0) is 69.7 Å². The van der Waals surface area contributed by atoms with Crippen LogP contribution in [0.25, 0.3) is 0 Å². The maximum Gasteiger partial charge on any atom is 0.317 e. The number of carbonyl (C=O) groups is 1. The van der Waals surface area contributed by atoms with Crippen molar-refractivity contribution in [2.75, 3.05) is 40.4 Å². The summed E-state index contributed by atoms with van der Waals surface area (Å²) in [4.78, 5) is 19.4. The van der Waals surface area contributed by atoms with Crippen LogP contribution >= 0.6 is 0 Å². The number of hydrogen-bond donors (Lipinski definition) is 3. The van der Waals surface area contributed by atoms with Crippen molar-refractivity contribution < 1.29 is 19.4 Å². The van der Waals surface area contributed by atoms with Gasteiger partial charge >= 0.3 is 6.03 Å². The van der Waals surface area contributed by atoms with Crippen LogP contribution in [0.15, 0.2) is 48.8 Å². The third-order valence-electron chi connectivity index (χ3n) is 7.29. The number of aromatic nitrogens is 1. The molecule has 210 valence electrons. The number of methoxy groups -OCH3 is 1. The minimum Gasteiger partial charge on any atom is -0.455 e. The second-order valence-electron chi connectivity index (χ2n) is 10.8. The molecule has 2 heterocycles. The molecule has 0 saturated carbocycles. The largest absolute Gasteiger partial charge is 0.455 e. The van der Waals surface area contributed by atoms with Gasteiger partial charge in [-0.2, -0.15) is 0 Å². The summed E-state index contributed by atoms with van der Waals surface area (Å²) < 4.78 is 11.5. The highest BCUT2D eigenvalue weighted by Gasteiger charge is 2.43. The highest BCUT2D eigenvalue weighted by Crippen LogP contribution is 2.44. The number of nitrogens with one attached hydrogen (secondary N) is 2. The normalized spacial score (nSPS) is 18.2. The molecule has 8 nitrogen and oxygen atoms in total. The number of carbonyl (C=O) groups excluding carboxylic acids is 1. The smallest absolute Gasteiger partial charge is 0.317 e. The minimum atomic E-state index is -1.16. The molecule has 3 N–H and O–H groups in total. The zero-order valence-electron chi connectivity index (χ0n) is 23.5. The van der Waals surface area contributed by atoms with Crippen LogP contribution in [0.4, 0.5) is 4.79 Å². The zero-order valence-corrected chi connectivity index (χ0v) is 23.5. The summed E-state index contributed by atoms with van der Waals surface area (Å²) >= 11 is 0. The van der Waals surface area contributed by atoms with Crippen LogP contribution in [0, 0.1) is 11.8 Å². The molecule has 1 saturated heterocycles. The first-order valence-corrected chi connectivity index (χ1v) is 14.0. The summed E-state index contributed by atoms with van der Waals surface area (Å²) in [5.41, 5.74) is -0.408. The number of pyridine rings is 1. The molecule has 3 rings (SSSR count).